The number of ether oxygens (including phenoxy) is 1. The molecule has 0 aliphatic heterocycles. The quantitative estimate of drug-likeness (QED) is 0.665. The van der Waals surface area contributed by atoms with Crippen LogP contribution in [0.3, 0.4) is 0 Å². The predicted molar refractivity (Wildman–Crippen MR) is 76.5 cm³/mol. The van der Waals surface area contributed by atoms with Crippen LogP contribution >= 0.6 is 0 Å². The normalized spacial score (nSPS) is 14.4. The van der Waals surface area contributed by atoms with E-state index in [-0.39, 0.29) is 19.3 Å². The van der Waals surface area contributed by atoms with Crippen molar-refractivity contribution in [3.63, 3.8) is 0 Å². The largest absolute Gasteiger partial charge is 0.491 e. The topological polar surface area (TPSA) is 61.7 Å². The third-order valence-corrected chi connectivity index (χ3v) is 2.89. The number of rotatable bonds is 8. The first kappa shape index (κ1) is 16.0. The Kier molecular flexibility index (Phi) is 6.28. The number of para-hydroxylation sites is 1. The van der Waals surface area contributed by atoms with E-state index in [2.05, 4.69) is 5.32 Å². The lowest BCUT2D eigenvalue weighted by molar-refractivity contribution is 0.108. The summed E-state index contributed by atoms with van der Waals surface area (Å²) in [4.78, 5) is 0. The fraction of sp³-hybridized carbons (Fsp3) is 0.600. The van der Waals surface area contributed by atoms with Gasteiger partial charge in [0.25, 0.3) is 0 Å². The maximum atomic E-state index is 9.50. The Morgan fingerprint density at radius 3 is 2.53 bits per heavy atom. The van der Waals surface area contributed by atoms with Crippen LogP contribution in [0, 0.1) is 0 Å². The third kappa shape index (κ3) is 5.19. The van der Waals surface area contributed by atoms with Crippen molar-refractivity contribution in [1.29, 1.82) is 0 Å². The van der Waals surface area contributed by atoms with Crippen molar-refractivity contribution in [3.05, 3.63) is 29.8 Å². The molecule has 1 unspecified atom stereocenters. The first-order valence-corrected chi connectivity index (χ1v) is 6.71. The molecule has 108 valence electrons. The fourth-order valence-corrected chi connectivity index (χ4v) is 2.04. The molecule has 0 aliphatic carbocycles. The summed E-state index contributed by atoms with van der Waals surface area (Å²) >= 11 is 0. The summed E-state index contributed by atoms with van der Waals surface area (Å²) in [5.41, 5.74) is 0.510. The zero-order chi connectivity index (χ0) is 14.3. The van der Waals surface area contributed by atoms with Crippen molar-refractivity contribution in [2.24, 2.45) is 0 Å². The summed E-state index contributed by atoms with van der Waals surface area (Å²) in [6, 6.07) is 7.93. The van der Waals surface area contributed by atoms with E-state index >= 15 is 0 Å². The summed E-state index contributed by atoms with van der Waals surface area (Å²) in [7, 11) is 0. The molecular formula is C15H25NO3. The number of hydrogen-bond donors (Lipinski definition) is 3. The van der Waals surface area contributed by atoms with Crippen molar-refractivity contribution >= 4 is 0 Å². The van der Waals surface area contributed by atoms with E-state index in [1.54, 1.807) is 0 Å². The molecule has 0 spiro atoms. The van der Waals surface area contributed by atoms with Gasteiger partial charge >= 0.3 is 0 Å². The SMILES string of the molecule is CC(C)NC(C)(CO)COc1ccccc1CCO. The van der Waals surface area contributed by atoms with E-state index in [0.29, 0.717) is 13.0 Å². The minimum atomic E-state index is -0.472. The Labute approximate surface area is 115 Å². The van der Waals surface area contributed by atoms with Gasteiger partial charge in [0.2, 0.25) is 0 Å². The van der Waals surface area contributed by atoms with Crippen molar-refractivity contribution in [2.45, 2.75) is 38.8 Å². The van der Waals surface area contributed by atoms with E-state index in [1.165, 1.54) is 0 Å². The Morgan fingerprint density at radius 2 is 1.95 bits per heavy atom. The molecule has 0 radical (unpaired) electrons. The van der Waals surface area contributed by atoms with Crippen LogP contribution in [-0.2, 0) is 6.42 Å². The van der Waals surface area contributed by atoms with Gasteiger partial charge in [-0.2, -0.15) is 0 Å². The van der Waals surface area contributed by atoms with Gasteiger partial charge in [-0.15, -0.1) is 0 Å². The van der Waals surface area contributed by atoms with Crippen LogP contribution in [0.2, 0.25) is 0 Å². The molecule has 19 heavy (non-hydrogen) atoms. The van der Waals surface area contributed by atoms with Gasteiger partial charge in [-0.05, 0) is 25.0 Å². The highest BCUT2D eigenvalue weighted by molar-refractivity contribution is 5.33. The molecule has 4 heteroatoms. The molecule has 0 heterocycles. The lowest BCUT2D eigenvalue weighted by Crippen LogP contribution is -2.53. The summed E-state index contributed by atoms with van der Waals surface area (Å²) in [5, 5.41) is 21.8. The maximum absolute atomic E-state index is 9.50. The average Bonchev–Trinajstić information content (AvgIpc) is 2.37. The summed E-state index contributed by atoms with van der Waals surface area (Å²) in [5.74, 6) is 0.766. The number of aliphatic hydroxyl groups excluding tert-OH is 2. The highest BCUT2D eigenvalue weighted by Gasteiger charge is 2.25. The molecule has 4 nitrogen and oxygen atoms in total. The fourth-order valence-electron chi connectivity index (χ4n) is 2.04. The van der Waals surface area contributed by atoms with Crippen LogP contribution < -0.4 is 10.1 Å². The highest BCUT2D eigenvalue weighted by atomic mass is 16.5. The van der Waals surface area contributed by atoms with E-state index in [9.17, 15) is 5.11 Å². The number of aliphatic hydroxyl groups is 2. The van der Waals surface area contributed by atoms with Crippen molar-refractivity contribution in [2.75, 3.05) is 19.8 Å². The van der Waals surface area contributed by atoms with Gasteiger partial charge in [0.1, 0.15) is 12.4 Å². The summed E-state index contributed by atoms with van der Waals surface area (Å²) in [6.07, 6.45) is 0.573. The zero-order valence-electron chi connectivity index (χ0n) is 12.0. The molecule has 1 aromatic rings. The van der Waals surface area contributed by atoms with Gasteiger partial charge in [-0.3, -0.25) is 0 Å². The zero-order valence-corrected chi connectivity index (χ0v) is 12.0. The second-order valence-electron chi connectivity index (χ2n) is 5.39. The Hall–Kier alpha value is -1.10. The Bertz CT molecular complexity index is 381. The molecule has 0 aliphatic rings. The van der Waals surface area contributed by atoms with Gasteiger partial charge in [0.15, 0.2) is 0 Å². The van der Waals surface area contributed by atoms with Crippen LogP contribution in [0.1, 0.15) is 26.3 Å². The van der Waals surface area contributed by atoms with E-state index in [1.807, 2.05) is 45.0 Å². The van der Waals surface area contributed by atoms with Gasteiger partial charge < -0.3 is 20.3 Å². The van der Waals surface area contributed by atoms with Gasteiger partial charge in [0, 0.05) is 12.6 Å². The van der Waals surface area contributed by atoms with E-state index in [0.717, 1.165) is 11.3 Å². The number of nitrogens with one attached hydrogen (secondary N) is 1. The number of hydrogen-bond acceptors (Lipinski definition) is 4. The minimum absolute atomic E-state index is 0.00729. The smallest absolute Gasteiger partial charge is 0.122 e. The molecular weight excluding hydrogens is 242 g/mol. The van der Waals surface area contributed by atoms with Crippen LogP contribution in [0.5, 0.6) is 5.75 Å². The maximum Gasteiger partial charge on any atom is 0.122 e. The van der Waals surface area contributed by atoms with Crippen molar-refractivity contribution in [3.8, 4) is 5.75 Å². The first-order chi connectivity index (χ1) is 9.00. The summed E-state index contributed by atoms with van der Waals surface area (Å²) < 4.78 is 5.81. The summed E-state index contributed by atoms with van der Waals surface area (Å²) in [6.45, 7) is 6.49. The predicted octanol–water partition coefficient (Wildman–Crippen LogP) is 1.35. The van der Waals surface area contributed by atoms with Crippen LogP contribution in [-0.4, -0.2) is 41.6 Å². The molecule has 1 atom stereocenters. The molecule has 0 amide bonds. The van der Waals surface area contributed by atoms with E-state index < -0.39 is 5.54 Å². The van der Waals surface area contributed by atoms with Crippen LogP contribution in [0.15, 0.2) is 24.3 Å². The molecule has 0 saturated carbocycles. The Morgan fingerprint density at radius 1 is 1.26 bits per heavy atom. The van der Waals surface area contributed by atoms with Crippen molar-refractivity contribution < 1.29 is 14.9 Å². The molecule has 0 fully saturated rings. The molecule has 0 bridgehead atoms. The minimum Gasteiger partial charge on any atom is -0.491 e. The van der Waals surface area contributed by atoms with Gasteiger partial charge in [-0.25, -0.2) is 0 Å². The molecule has 3 N–H and O–H groups in total. The number of benzene rings is 1. The van der Waals surface area contributed by atoms with E-state index in [4.69, 9.17) is 9.84 Å². The monoisotopic (exact) mass is 267 g/mol. The van der Waals surface area contributed by atoms with Crippen LogP contribution in [0.4, 0.5) is 0 Å². The van der Waals surface area contributed by atoms with Gasteiger partial charge in [-0.1, -0.05) is 32.0 Å². The molecule has 1 aromatic carbocycles. The van der Waals surface area contributed by atoms with Crippen molar-refractivity contribution in [1.82, 2.24) is 5.32 Å². The second-order valence-corrected chi connectivity index (χ2v) is 5.39. The lowest BCUT2D eigenvalue weighted by Gasteiger charge is -2.31. The van der Waals surface area contributed by atoms with Crippen LogP contribution in [0.25, 0.3) is 0 Å². The molecule has 0 aromatic heterocycles. The highest BCUT2D eigenvalue weighted by Crippen LogP contribution is 2.20. The first-order valence-electron chi connectivity index (χ1n) is 6.71. The third-order valence-electron chi connectivity index (χ3n) is 2.89. The second kappa shape index (κ2) is 7.48. The lowest BCUT2D eigenvalue weighted by atomic mass is 10.0. The standard InChI is InChI=1S/C15H25NO3/c1-12(2)16-15(3,10-18)11-19-14-7-5-4-6-13(14)8-9-17/h4-7,12,16-18H,8-11H2,1-3H3. The van der Waals surface area contributed by atoms with Gasteiger partial charge in [0.05, 0.1) is 12.1 Å². The average molecular weight is 267 g/mol. The molecule has 1 rings (SSSR count). The Balaban J connectivity index is 2.69. The molecule has 0 saturated heterocycles.